The Morgan fingerprint density at radius 2 is 1.84 bits per heavy atom. The predicted molar refractivity (Wildman–Crippen MR) is 147 cm³/mol. The number of nitrogens with one attached hydrogen (secondary N) is 1. The van der Waals surface area contributed by atoms with Gasteiger partial charge in [-0.2, -0.15) is 0 Å². The summed E-state index contributed by atoms with van der Waals surface area (Å²) in [5.74, 6) is 1.25. The van der Waals surface area contributed by atoms with E-state index in [0.29, 0.717) is 37.7 Å². The molecular weight excluding hydrogens is 502 g/mol. The molecule has 1 saturated heterocycles. The number of anilines is 1. The van der Waals surface area contributed by atoms with Crippen LogP contribution in [-0.2, 0) is 22.6 Å². The molecule has 0 radical (unpaired) electrons. The van der Waals surface area contributed by atoms with E-state index in [1.165, 1.54) is 0 Å². The van der Waals surface area contributed by atoms with Gasteiger partial charge in [-0.1, -0.05) is 24.3 Å². The number of carbonyl (C=O) groups is 2. The molecule has 1 N–H and O–H groups in total. The Labute approximate surface area is 227 Å². The molecule has 38 heavy (non-hydrogen) atoms. The third-order valence-electron chi connectivity index (χ3n) is 6.91. The smallest absolute Gasteiger partial charge is 0.322 e. The Hall–Kier alpha value is -3.56. The van der Waals surface area contributed by atoms with Crippen molar-refractivity contribution in [1.29, 1.82) is 0 Å². The first-order valence-electron chi connectivity index (χ1n) is 12.9. The molecule has 3 aromatic rings. The third kappa shape index (κ3) is 6.28. The fourth-order valence-corrected chi connectivity index (χ4v) is 5.58. The lowest BCUT2D eigenvalue weighted by Crippen LogP contribution is -2.46. The molecule has 5 rings (SSSR count). The standard InChI is InChI=1S/C29H33N3O5S/c1-20-6-3-4-8-24(20)30-29(34)32(16-23-7-5-12-35-23)18-28(33)31(17-27-21(2)11-13-38-27)15-22-9-10-25-26(14-22)37-19-36-25/h3-4,6,8-11,13-14,23H,5,7,12,15-19H2,1-2H3,(H,30,34)/t23-/m1/s1. The van der Waals surface area contributed by atoms with E-state index in [9.17, 15) is 9.59 Å². The minimum atomic E-state index is -0.307. The molecule has 0 unspecified atom stereocenters. The molecule has 0 saturated carbocycles. The van der Waals surface area contributed by atoms with E-state index < -0.39 is 0 Å². The Kier molecular flexibility index (Phi) is 8.14. The van der Waals surface area contributed by atoms with Crippen LogP contribution in [0.3, 0.4) is 0 Å². The zero-order chi connectivity index (χ0) is 26.5. The summed E-state index contributed by atoms with van der Waals surface area (Å²) in [6.07, 6.45) is 1.75. The summed E-state index contributed by atoms with van der Waals surface area (Å²) in [7, 11) is 0. The zero-order valence-corrected chi connectivity index (χ0v) is 22.6. The van der Waals surface area contributed by atoms with E-state index in [0.717, 1.165) is 40.1 Å². The quantitative estimate of drug-likeness (QED) is 0.400. The Morgan fingerprint density at radius 3 is 2.61 bits per heavy atom. The molecule has 0 aliphatic carbocycles. The topological polar surface area (TPSA) is 80.3 Å². The molecule has 1 fully saturated rings. The molecule has 1 atom stereocenters. The average Bonchev–Trinajstić information content (AvgIpc) is 3.67. The molecule has 200 valence electrons. The predicted octanol–water partition coefficient (Wildman–Crippen LogP) is 5.34. The van der Waals surface area contributed by atoms with Crippen molar-refractivity contribution in [1.82, 2.24) is 9.80 Å². The highest BCUT2D eigenvalue weighted by Gasteiger charge is 2.27. The van der Waals surface area contributed by atoms with Crippen molar-refractivity contribution in [3.8, 4) is 11.5 Å². The lowest BCUT2D eigenvalue weighted by Gasteiger charge is -2.29. The largest absolute Gasteiger partial charge is 0.454 e. The number of para-hydroxylation sites is 1. The number of urea groups is 1. The Morgan fingerprint density at radius 1 is 1.00 bits per heavy atom. The van der Waals surface area contributed by atoms with Gasteiger partial charge in [0.1, 0.15) is 6.54 Å². The van der Waals surface area contributed by atoms with Crippen LogP contribution in [0.4, 0.5) is 10.5 Å². The van der Waals surface area contributed by atoms with Crippen LogP contribution in [0.25, 0.3) is 0 Å². The van der Waals surface area contributed by atoms with Crippen molar-refractivity contribution in [3.05, 3.63) is 75.5 Å². The van der Waals surface area contributed by atoms with E-state index in [1.807, 2.05) is 54.8 Å². The van der Waals surface area contributed by atoms with Crippen molar-refractivity contribution in [3.63, 3.8) is 0 Å². The first kappa shape index (κ1) is 26.1. The number of ether oxygens (including phenoxy) is 3. The molecule has 9 heteroatoms. The highest BCUT2D eigenvalue weighted by atomic mass is 32.1. The van der Waals surface area contributed by atoms with Crippen molar-refractivity contribution in [2.45, 2.75) is 45.9 Å². The van der Waals surface area contributed by atoms with E-state index in [1.54, 1.807) is 21.1 Å². The molecule has 3 amide bonds. The highest BCUT2D eigenvalue weighted by Crippen LogP contribution is 2.33. The summed E-state index contributed by atoms with van der Waals surface area (Å²) in [4.78, 5) is 31.8. The van der Waals surface area contributed by atoms with Gasteiger partial charge in [0.15, 0.2) is 11.5 Å². The zero-order valence-electron chi connectivity index (χ0n) is 21.8. The first-order valence-corrected chi connectivity index (χ1v) is 13.8. The van der Waals surface area contributed by atoms with Gasteiger partial charge in [0.25, 0.3) is 0 Å². The van der Waals surface area contributed by atoms with Gasteiger partial charge in [-0.3, -0.25) is 4.79 Å². The molecule has 8 nitrogen and oxygen atoms in total. The van der Waals surface area contributed by atoms with Crippen LogP contribution < -0.4 is 14.8 Å². The van der Waals surface area contributed by atoms with Gasteiger partial charge in [0.2, 0.25) is 12.7 Å². The van der Waals surface area contributed by atoms with Crippen molar-refractivity contribution in [2.24, 2.45) is 0 Å². The number of aryl methyl sites for hydroxylation is 2. The van der Waals surface area contributed by atoms with Crippen molar-refractivity contribution >= 4 is 29.0 Å². The molecule has 0 bridgehead atoms. The molecule has 2 aliphatic heterocycles. The SMILES string of the molecule is Cc1ccccc1NC(=O)N(CC(=O)N(Cc1ccc2c(c1)OCO2)Cc1sccc1C)C[C@H]1CCCO1. The summed E-state index contributed by atoms with van der Waals surface area (Å²) in [6, 6.07) is 15.1. The van der Waals surface area contributed by atoms with Crippen LogP contribution >= 0.6 is 11.3 Å². The molecule has 3 heterocycles. The van der Waals surface area contributed by atoms with Crippen LogP contribution in [0.1, 0.15) is 34.4 Å². The maximum absolute atomic E-state index is 13.8. The van der Waals surface area contributed by atoms with Crippen LogP contribution in [0, 0.1) is 13.8 Å². The van der Waals surface area contributed by atoms with E-state index in [-0.39, 0.29) is 31.4 Å². The van der Waals surface area contributed by atoms with Crippen molar-refractivity contribution in [2.75, 3.05) is 31.8 Å². The average molecular weight is 536 g/mol. The van der Waals surface area contributed by atoms with Gasteiger partial charge in [0.05, 0.1) is 12.6 Å². The second-order valence-corrected chi connectivity index (χ2v) is 10.7. The fourth-order valence-electron chi connectivity index (χ4n) is 4.66. The van der Waals surface area contributed by atoms with E-state index in [4.69, 9.17) is 14.2 Å². The molecule has 0 spiro atoms. The maximum atomic E-state index is 13.8. The van der Waals surface area contributed by atoms with Crippen LogP contribution in [0.2, 0.25) is 0 Å². The number of nitrogens with zero attached hydrogens (tertiary/aromatic N) is 2. The summed E-state index contributed by atoms with van der Waals surface area (Å²) < 4.78 is 16.8. The minimum Gasteiger partial charge on any atom is -0.454 e. The van der Waals surface area contributed by atoms with Gasteiger partial charge >= 0.3 is 6.03 Å². The summed E-state index contributed by atoms with van der Waals surface area (Å²) >= 11 is 1.63. The van der Waals surface area contributed by atoms with Gasteiger partial charge in [-0.25, -0.2) is 4.79 Å². The number of fused-ring (bicyclic) bond motifs is 1. The normalized spacial score (nSPS) is 15.9. The van der Waals surface area contributed by atoms with Crippen LogP contribution in [-0.4, -0.2) is 54.3 Å². The molecule has 1 aromatic heterocycles. The van der Waals surface area contributed by atoms with E-state index in [2.05, 4.69) is 18.3 Å². The molecule has 2 aliphatic rings. The van der Waals surface area contributed by atoms with Gasteiger partial charge in [0, 0.05) is 30.3 Å². The lowest BCUT2D eigenvalue weighted by atomic mass is 10.1. The monoisotopic (exact) mass is 535 g/mol. The molecular formula is C29H33N3O5S. The summed E-state index contributed by atoms with van der Waals surface area (Å²) in [5.41, 5.74) is 3.77. The van der Waals surface area contributed by atoms with E-state index >= 15 is 0 Å². The van der Waals surface area contributed by atoms with Crippen LogP contribution in [0.15, 0.2) is 53.9 Å². The number of benzene rings is 2. The second kappa shape index (κ2) is 11.9. The second-order valence-electron chi connectivity index (χ2n) is 9.72. The Bertz CT molecular complexity index is 1290. The Balaban J connectivity index is 1.36. The van der Waals surface area contributed by atoms with Gasteiger partial charge in [-0.05, 0) is 73.0 Å². The summed E-state index contributed by atoms with van der Waals surface area (Å²) in [5, 5.41) is 5.03. The third-order valence-corrected chi connectivity index (χ3v) is 7.92. The first-order chi connectivity index (χ1) is 18.5. The lowest BCUT2D eigenvalue weighted by molar-refractivity contribution is -0.133. The number of hydrogen-bond acceptors (Lipinski definition) is 6. The minimum absolute atomic E-state index is 0.0491. The number of carbonyl (C=O) groups excluding carboxylic acids is 2. The maximum Gasteiger partial charge on any atom is 0.322 e. The van der Waals surface area contributed by atoms with Crippen molar-refractivity contribution < 1.29 is 23.8 Å². The highest BCUT2D eigenvalue weighted by molar-refractivity contribution is 7.10. The van der Waals surface area contributed by atoms with Gasteiger partial charge < -0.3 is 29.3 Å². The molecule has 2 aromatic carbocycles. The summed E-state index contributed by atoms with van der Waals surface area (Å²) in [6.45, 7) is 6.04. The number of rotatable bonds is 9. The number of hydrogen-bond donors (Lipinski definition) is 1. The van der Waals surface area contributed by atoms with Crippen LogP contribution in [0.5, 0.6) is 11.5 Å². The fraction of sp³-hybridized carbons (Fsp3) is 0.379. The number of thiophene rings is 1. The van der Waals surface area contributed by atoms with Gasteiger partial charge in [-0.15, -0.1) is 11.3 Å². The number of amides is 3.